The van der Waals surface area contributed by atoms with E-state index in [1.807, 2.05) is 13.8 Å². The minimum atomic E-state index is -0.797. The van der Waals surface area contributed by atoms with Gasteiger partial charge in [-0.15, -0.1) is 0 Å². The maximum atomic E-state index is 11.4. The Bertz CT molecular complexity index is 269. The van der Waals surface area contributed by atoms with E-state index in [9.17, 15) is 9.90 Å². The van der Waals surface area contributed by atoms with E-state index in [1.54, 1.807) is 6.92 Å². The van der Waals surface area contributed by atoms with Crippen molar-refractivity contribution in [3.05, 3.63) is 0 Å². The van der Waals surface area contributed by atoms with Gasteiger partial charge in [0.15, 0.2) is 0 Å². The fourth-order valence-electron chi connectivity index (χ4n) is 2.48. The number of hydrogen-bond donors (Lipinski definition) is 2. The van der Waals surface area contributed by atoms with Crippen molar-refractivity contribution in [2.45, 2.75) is 77.8 Å². The van der Waals surface area contributed by atoms with Gasteiger partial charge < -0.3 is 10.0 Å². The third-order valence-corrected chi connectivity index (χ3v) is 3.69. The van der Waals surface area contributed by atoms with Crippen molar-refractivity contribution in [3.8, 4) is 0 Å². The molecule has 0 aromatic heterocycles. The number of hydrogen-bond acceptors (Lipinski definition) is 3. The second-order valence-corrected chi connectivity index (χ2v) is 6.40. The molecule has 0 aromatic carbocycles. The molecule has 0 radical (unpaired) electrons. The second kappa shape index (κ2) is 10.2. The van der Waals surface area contributed by atoms with Crippen molar-refractivity contribution in [2.75, 3.05) is 20.1 Å². The van der Waals surface area contributed by atoms with E-state index < -0.39 is 11.5 Å². The monoisotopic (exact) mass is 286 g/mol. The van der Waals surface area contributed by atoms with Gasteiger partial charge in [0.05, 0.1) is 0 Å². The maximum absolute atomic E-state index is 11.4. The van der Waals surface area contributed by atoms with E-state index in [2.05, 4.69) is 24.2 Å². The molecule has 1 atom stereocenters. The van der Waals surface area contributed by atoms with Crippen LogP contribution in [-0.2, 0) is 4.79 Å². The topological polar surface area (TPSA) is 52.6 Å². The van der Waals surface area contributed by atoms with E-state index in [-0.39, 0.29) is 6.04 Å². The summed E-state index contributed by atoms with van der Waals surface area (Å²) in [6, 6.07) is 0.188. The average Bonchev–Trinajstić information content (AvgIpc) is 2.34. The number of nitrogens with one attached hydrogen (secondary N) is 1. The first kappa shape index (κ1) is 19.4. The van der Waals surface area contributed by atoms with Crippen molar-refractivity contribution in [1.82, 2.24) is 10.2 Å². The third-order valence-electron chi connectivity index (χ3n) is 3.69. The highest BCUT2D eigenvalue weighted by Crippen LogP contribution is 2.15. The average molecular weight is 286 g/mol. The predicted octanol–water partition coefficient (Wildman–Crippen LogP) is 3.12. The number of rotatable bonds is 12. The summed E-state index contributed by atoms with van der Waals surface area (Å²) in [6.07, 6.45) is 6.50. The van der Waals surface area contributed by atoms with Crippen LogP contribution >= 0.6 is 0 Å². The van der Waals surface area contributed by atoms with Crippen LogP contribution in [0.4, 0.5) is 0 Å². The van der Waals surface area contributed by atoms with Gasteiger partial charge in [-0.1, -0.05) is 19.8 Å². The molecule has 2 N–H and O–H groups in total. The largest absolute Gasteiger partial charge is 0.480 e. The summed E-state index contributed by atoms with van der Waals surface area (Å²) < 4.78 is 0. The lowest BCUT2D eigenvalue weighted by Gasteiger charge is -2.29. The molecule has 0 aromatic rings. The zero-order valence-corrected chi connectivity index (χ0v) is 14.0. The molecule has 0 saturated carbocycles. The Labute approximate surface area is 124 Å². The standard InChI is InChI=1S/C16H34N2O2/c1-6-7-9-12-18(5)13-10-8-11-16(4,15(19)20)17-14(2)3/h14,17H,6-13H2,1-5H3,(H,19,20). The molecule has 0 heterocycles. The third kappa shape index (κ3) is 8.54. The van der Waals surface area contributed by atoms with E-state index in [4.69, 9.17) is 0 Å². The fourth-order valence-corrected chi connectivity index (χ4v) is 2.48. The van der Waals surface area contributed by atoms with Gasteiger partial charge in [-0.25, -0.2) is 0 Å². The number of carbonyl (C=O) groups is 1. The summed E-state index contributed by atoms with van der Waals surface area (Å²) in [5, 5.41) is 12.5. The molecule has 4 nitrogen and oxygen atoms in total. The Hall–Kier alpha value is -0.610. The van der Waals surface area contributed by atoms with Gasteiger partial charge >= 0.3 is 5.97 Å². The molecule has 1 unspecified atom stereocenters. The zero-order valence-electron chi connectivity index (χ0n) is 14.0. The van der Waals surface area contributed by atoms with E-state index in [0.29, 0.717) is 6.42 Å². The van der Waals surface area contributed by atoms with Gasteiger partial charge in [-0.2, -0.15) is 0 Å². The molecule has 0 spiro atoms. The molecule has 4 heteroatoms. The van der Waals surface area contributed by atoms with Crippen LogP contribution in [0.15, 0.2) is 0 Å². The summed E-state index contributed by atoms with van der Waals surface area (Å²) in [6.45, 7) is 10.2. The quantitative estimate of drug-likeness (QED) is 0.541. The van der Waals surface area contributed by atoms with Crippen molar-refractivity contribution < 1.29 is 9.90 Å². The summed E-state index contributed by atoms with van der Waals surface area (Å²) in [5.74, 6) is -0.748. The maximum Gasteiger partial charge on any atom is 0.323 e. The molecular formula is C16H34N2O2. The van der Waals surface area contributed by atoms with Gasteiger partial charge in [0.25, 0.3) is 0 Å². The minimum absolute atomic E-state index is 0.188. The van der Waals surface area contributed by atoms with Crippen LogP contribution in [0.2, 0.25) is 0 Å². The minimum Gasteiger partial charge on any atom is -0.480 e. The molecule has 0 fully saturated rings. The molecule has 20 heavy (non-hydrogen) atoms. The highest BCUT2D eigenvalue weighted by atomic mass is 16.4. The van der Waals surface area contributed by atoms with Crippen molar-refractivity contribution in [3.63, 3.8) is 0 Å². The lowest BCUT2D eigenvalue weighted by molar-refractivity contribution is -0.144. The first-order valence-electron chi connectivity index (χ1n) is 8.01. The van der Waals surface area contributed by atoms with Gasteiger partial charge in [-0.3, -0.25) is 10.1 Å². The van der Waals surface area contributed by atoms with Crippen LogP contribution in [0.25, 0.3) is 0 Å². The molecule has 0 aliphatic heterocycles. The number of aliphatic carboxylic acids is 1. The van der Waals surface area contributed by atoms with Crippen molar-refractivity contribution >= 4 is 5.97 Å². The van der Waals surface area contributed by atoms with Gasteiger partial charge in [0, 0.05) is 6.04 Å². The summed E-state index contributed by atoms with van der Waals surface area (Å²) in [7, 11) is 2.15. The van der Waals surface area contributed by atoms with Crippen LogP contribution in [0, 0.1) is 0 Å². The predicted molar refractivity (Wildman–Crippen MR) is 85.2 cm³/mol. The lowest BCUT2D eigenvalue weighted by Crippen LogP contribution is -2.52. The summed E-state index contributed by atoms with van der Waals surface area (Å²) in [5.41, 5.74) is -0.797. The normalized spacial score (nSPS) is 14.8. The molecule has 0 bridgehead atoms. The Kier molecular flexibility index (Phi) is 9.86. The molecule has 0 rings (SSSR count). The second-order valence-electron chi connectivity index (χ2n) is 6.40. The van der Waals surface area contributed by atoms with Crippen LogP contribution in [-0.4, -0.2) is 47.7 Å². The first-order chi connectivity index (χ1) is 9.31. The Morgan fingerprint density at radius 1 is 1.20 bits per heavy atom. The molecule has 0 aliphatic rings. The van der Waals surface area contributed by atoms with Crippen LogP contribution in [0.5, 0.6) is 0 Å². The molecule has 0 saturated heterocycles. The van der Waals surface area contributed by atoms with E-state index in [0.717, 1.165) is 25.9 Å². The summed E-state index contributed by atoms with van der Waals surface area (Å²) >= 11 is 0. The molecule has 120 valence electrons. The number of carboxylic acid groups (broad SMARTS) is 1. The number of carboxylic acids is 1. The Morgan fingerprint density at radius 2 is 1.75 bits per heavy atom. The molecule has 0 aliphatic carbocycles. The summed E-state index contributed by atoms with van der Waals surface area (Å²) in [4.78, 5) is 13.7. The highest BCUT2D eigenvalue weighted by molar-refractivity contribution is 5.78. The first-order valence-corrected chi connectivity index (χ1v) is 8.01. The Balaban J connectivity index is 3.92. The van der Waals surface area contributed by atoms with Crippen LogP contribution in [0.1, 0.15) is 66.2 Å². The lowest BCUT2D eigenvalue weighted by atomic mass is 9.94. The van der Waals surface area contributed by atoms with E-state index >= 15 is 0 Å². The molecular weight excluding hydrogens is 252 g/mol. The van der Waals surface area contributed by atoms with E-state index in [1.165, 1.54) is 19.3 Å². The zero-order chi connectivity index (χ0) is 15.6. The molecule has 0 amide bonds. The highest BCUT2D eigenvalue weighted by Gasteiger charge is 2.32. The fraction of sp³-hybridized carbons (Fsp3) is 0.938. The number of unbranched alkanes of at least 4 members (excludes halogenated alkanes) is 3. The van der Waals surface area contributed by atoms with Crippen molar-refractivity contribution in [2.24, 2.45) is 0 Å². The van der Waals surface area contributed by atoms with Gasteiger partial charge in [0.2, 0.25) is 0 Å². The van der Waals surface area contributed by atoms with Crippen molar-refractivity contribution in [1.29, 1.82) is 0 Å². The Morgan fingerprint density at radius 3 is 2.20 bits per heavy atom. The smallest absolute Gasteiger partial charge is 0.323 e. The number of nitrogens with zero attached hydrogens (tertiary/aromatic N) is 1. The SMILES string of the molecule is CCCCCN(C)CCCCC(C)(NC(C)C)C(=O)O. The van der Waals surface area contributed by atoms with Gasteiger partial charge in [-0.05, 0) is 66.6 Å². The van der Waals surface area contributed by atoms with Crippen LogP contribution in [0.3, 0.4) is 0 Å². The van der Waals surface area contributed by atoms with Gasteiger partial charge in [0.1, 0.15) is 5.54 Å². The van der Waals surface area contributed by atoms with Crippen LogP contribution < -0.4 is 5.32 Å².